The van der Waals surface area contributed by atoms with Gasteiger partial charge in [0.25, 0.3) is 5.91 Å². The second-order valence-electron chi connectivity index (χ2n) is 9.55. The lowest BCUT2D eigenvalue weighted by Crippen LogP contribution is -2.46. The van der Waals surface area contributed by atoms with E-state index in [0.717, 1.165) is 23.1 Å². The zero-order chi connectivity index (χ0) is 19.5. The minimum absolute atomic E-state index is 0.0552. The standard InChI is InChI=1S/C21H29N3O2/c1-19(2,3)16(25)10-13-7-8-14-11-20(4,5)12-21(15(14)9-13)17(26)24(6)18(22)23-21/h7-9H,10-12H2,1-6H3,(H2,22,23). The van der Waals surface area contributed by atoms with E-state index in [9.17, 15) is 9.59 Å². The number of aliphatic imine (C=N–C) groups is 1. The van der Waals surface area contributed by atoms with E-state index in [1.807, 2.05) is 32.9 Å². The molecule has 2 N–H and O–H groups in total. The molecular formula is C21H29N3O2. The van der Waals surface area contributed by atoms with Gasteiger partial charge in [-0.1, -0.05) is 52.8 Å². The number of rotatable bonds is 2. The number of carbonyl (C=O) groups excluding carboxylic acids is 2. The molecule has 0 bridgehead atoms. The quantitative estimate of drug-likeness (QED) is 0.886. The molecule has 1 aromatic rings. The number of carbonyl (C=O) groups is 2. The number of hydrogen-bond acceptors (Lipinski definition) is 4. The van der Waals surface area contributed by atoms with Crippen LogP contribution in [0.1, 0.15) is 57.7 Å². The zero-order valence-electron chi connectivity index (χ0n) is 16.6. The monoisotopic (exact) mass is 355 g/mol. The van der Waals surface area contributed by atoms with Crippen molar-refractivity contribution in [2.45, 2.75) is 59.4 Å². The number of likely N-dealkylation sites (N-methyl/N-ethyl adjacent to an activating group) is 1. The molecule has 2 aliphatic rings. The Morgan fingerprint density at radius 2 is 1.96 bits per heavy atom. The smallest absolute Gasteiger partial charge is 0.261 e. The van der Waals surface area contributed by atoms with Gasteiger partial charge in [-0.15, -0.1) is 0 Å². The summed E-state index contributed by atoms with van der Waals surface area (Å²) in [6.45, 7) is 10.1. The average Bonchev–Trinajstić information content (AvgIpc) is 2.71. The van der Waals surface area contributed by atoms with Gasteiger partial charge in [0.15, 0.2) is 11.5 Å². The third kappa shape index (κ3) is 2.93. The number of guanidine groups is 1. The molecule has 3 rings (SSSR count). The van der Waals surface area contributed by atoms with Gasteiger partial charge in [-0.25, -0.2) is 4.99 Å². The Morgan fingerprint density at radius 1 is 1.31 bits per heavy atom. The maximum absolute atomic E-state index is 13.1. The van der Waals surface area contributed by atoms with E-state index >= 15 is 0 Å². The van der Waals surface area contributed by atoms with E-state index in [1.54, 1.807) is 7.05 Å². The fourth-order valence-electron chi connectivity index (χ4n) is 4.08. The number of nitrogens with zero attached hydrogens (tertiary/aromatic N) is 2. The van der Waals surface area contributed by atoms with Crippen LogP contribution in [0.3, 0.4) is 0 Å². The molecule has 0 radical (unpaired) electrons. The molecule has 0 aromatic heterocycles. The second kappa shape index (κ2) is 5.66. The van der Waals surface area contributed by atoms with Crippen LogP contribution in [0, 0.1) is 10.8 Å². The highest BCUT2D eigenvalue weighted by Crippen LogP contribution is 2.49. The van der Waals surface area contributed by atoms with Crippen LogP contribution >= 0.6 is 0 Å². The molecule has 5 heteroatoms. The van der Waals surface area contributed by atoms with E-state index in [0.29, 0.717) is 12.8 Å². The molecule has 1 heterocycles. The van der Waals surface area contributed by atoms with Gasteiger partial charge in [0.05, 0.1) is 0 Å². The van der Waals surface area contributed by atoms with Gasteiger partial charge in [0.2, 0.25) is 0 Å². The average molecular weight is 355 g/mol. The lowest BCUT2D eigenvalue weighted by Gasteiger charge is -2.41. The number of hydrogen-bond donors (Lipinski definition) is 1. The van der Waals surface area contributed by atoms with Gasteiger partial charge < -0.3 is 5.73 Å². The molecule has 0 saturated carbocycles. The molecule has 1 atom stereocenters. The zero-order valence-corrected chi connectivity index (χ0v) is 16.6. The molecule has 1 aromatic carbocycles. The third-order valence-electron chi connectivity index (χ3n) is 5.53. The first-order valence-electron chi connectivity index (χ1n) is 9.15. The first-order valence-corrected chi connectivity index (χ1v) is 9.15. The number of benzene rings is 1. The van der Waals surface area contributed by atoms with Gasteiger partial charge in [-0.2, -0.15) is 0 Å². The van der Waals surface area contributed by atoms with Crippen LogP contribution < -0.4 is 5.73 Å². The highest BCUT2D eigenvalue weighted by molar-refractivity contribution is 6.07. The number of ketones is 1. The van der Waals surface area contributed by atoms with Crippen LogP contribution in [0.4, 0.5) is 0 Å². The summed E-state index contributed by atoms with van der Waals surface area (Å²) >= 11 is 0. The first-order chi connectivity index (χ1) is 11.9. The normalized spacial score (nSPS) is 24.6. The Morgan fingerprint density at radius 3 is 2.50 bits per heavy atom. The van der Waals surface area contributed by atoms with E-state index in [2.05, 4.69) is 24.9 Å². The molecule has 1 aliphatic carbocycles. The topological polar surface area (TPSA) is 75.8 Å². The van der Waals surface area contributed by atoms with Crippen molar-refractivity contribution < 1.29 is 9.59 Å². The summed E-state index contributed by atoms with van der Waals surface area (Å²) in [6, 6.07) is 6.07. The fraction of sp³-hybridized carbons (Fsp3) is 0.571. The minimum Gasteiger partial charge on any atom is -0.369 e. The Kier molecular flexibility index (Phi) is 4.05. The van der Waals surface area contributed by atoms with Crippen molar-refractivity contribution in [1.29, 1.82) is 0 Å². The minimum atomic E-state index is -0.962. The third-order valence-corrected chi connectivity index (χ3v) is 5.53. The highest BCUT2D eigenvalue weighted by atomic mass is 16.2. The number of fused-ring (bicyclic) bond motifs is 2. The second-order valence-corrected chi connectivity index (χ2v) is 9.55. The van der Waals surface area contributed by atoms with Crippen LogP contribution in [-0.4, -0.2) is 29.6 Å². The predicted octanol–water partition coefficient (Wildman–Crippen LogP) is 2.80. The molecule has 1 unspecified atom stereocenters. The van der Waals surface area contributed by atoms with Crippen molar-refractivity contribution in [3.63, 3.8) is 0 Å². The first kappa shape index (κ1) is 18.6. The Bertz CT molecular complexity index is 817. The van der Waals surface area contributed by atoms with Crippen molar-refractivity contribution in [2.24, 2.45) is 21.6 Å². The van der Waals surface area contributed by atoms with Crippen LogP contribution in [0.2, 0.25) is 0 Å². The maximum Gasteiger partial charge on any atom is 0.261 e. The highest BCUT2D eigenvalue weighted by Gasteiger charge is 2.54. The fourth-order valence-corrected chi connectivity index (χ4v) is 4.08. The molecule has 5 nitrogen and oxygen atoms in total. The molecule has 0 fully saturated rings. The van der Waals surface area contributed by atoms with Crippen molar-refractivity contribution in [1.82, 2.24) is 4.90 Å². The van der Waals surface area contributed by atoms with Crippen LogP contribution in [-0.2, 0) is 28.0 Å². The van der Waals surface area contributed by atoms with Crippen molar-refractivity contribution >= 4 is 17.6 Å². The van der Waals surface area contributed by atoms with Gasteiger partial charge >= 0.3 is 0 Å². The number of Topliss-reactive ketones (excluding diaryl/α,β-unsaturated/α-hetero) is 1. The van der Waals surface area contributed by atoms with Crippen LogP contribution in [0.15, 0.2) is 23.2 Å². The molecule has 140 valence electrons. The van der Waals surface area contributed by atoms with E-state index < -0.39 is 5.54 Å². The van der Waals surface area contributed by atoms with Gasteiger partial charge in [-0.3, -0.25) is 14.5 Å². The summed E-state index contributed by atoms with van der Waals surface area (Å²) in [7, 11) is 1.67. The summed E-state index contributed by atoms with van der Waals surface area (Å²) in [5.41, 5.74) is 7.55. The maximum atomic E-state index is 13.1. The van der Waals surface area contributed by atoms with Crippen LogP contribution in [0.5, 0.6) is 0 Å². The molecule has 26 heavy (non-hydrogen) atoms. The van der Waals surface area contributed by atoms with E-state index in [-0.39, 0.29) is 28.5 Å². The van der Waals surface area contributed by atoms with Gasteiger partial charge in [-0.05, 0) is 34.9 Å². The molecule has 1 aliphatic heterocycles. The summed E-state index contributed by atoms with van der Waals surface area (Å²) in [5.74, 6) is 0.360. The lowest BCUT2D eigenvalue weighted by molar-refractivity contribution is -0.132. The Labute approximate surface area is 155 Å². The summed E-state index contributed by atoms with van der Waals surface area (Å²) < 4.78 is 0. The van der Waals surface area contributed by atoms with Gasteiger partial charge in [0.1, 0.15) is 5.78 Å². The Balaban J connectivity index is 2.10. The van der Waals surface area contributed by atoms with E-state index in [4.69, 9.17) is 5.73 Å². The summed E-state index contributed by atoms with van der Waals surface area (Å²) in [4.78, 5) is 31.6. The molecular weight excluding hydrogens is 326 g/mol. The largest absolute Gasteiger partial charge is 0.369 e. The predicted molar refractivity (Wildman–Crippen MR) is 103 cm³/mol. The van der Waals surface area contributed by atoms with Crippen LogP contribution in [0.25, 0.3) is 0 Å². The summed E-state index contributed by atoms with van der Waals surface area (Å²) in [6.07, 6.45) is 1.86. The number of amides is 1. The molecule has 1 amide bonds. The lowest BCUT2D eigenvalue weighted by atomic mass is 9.65. The molecule has 1 spiro atoms. The Hall–Kier alpha value is -2.17. The van der Waals surface area contributed by atoms with E-state index in [1.165, 1.54) is 4.90 Å². The SMILES string of the molecule is CN1C(=O)C2(CC(C)(C)Cc3ccc(CC(=O)C(C)(C)C)cc32)N=C1N. The van der Waals surface area contributed by atoms with Crippen molar-refractivity contribution in [2.75, 3.05) is 7.05 Å². The van der Waals surface area contributed by atoms with Crippen molar-refractivity contribution in [3.8, 4) is 0 Å². The van der Waals surface area contributed by atoms with Gasteiger partial charge in [0, 0.05) is 18.9 Å². The van der Waals surface area contributed by atoms with Crippen molar-refractivity contribution in [3.05, 3.63) is 34.9 Å². The molecule has 0 saturated heterocycles. The summed E-state index contributed by atoms with van der Waals surface area (Å²) in [5, 5.41) is 0. The number of nitrogens with two attached hydrogens (primary N) is 1.